The molecule has 22 heavy (non-hydrogen) atoms. The van der Waals surface area contributed by atoms with Crippen LogP contribution in [-0.4, -0.2) is 4.98 Å². The summed E-state index contributed by atoms with van der Waals surface area (Å²) in [4.78, 5) is 4.50. The molecule has 0 aliphatic heterocycles. The van der Waals surface area contributed by atoms with Gasteiger partial charge in [0.15, 0.2) is 0 Å². The summed E-state index contributed by atoms with van der Waals surface area (Å²) < 4.78 is 0. The van der Waals surface area contributed by atoms with Gasteiger partial charge in [-0.25, -0.2) is 0 Å². The third-order valence-corrected chi connectivity index (χ3v) is 4.27. The highest BCUT2D eigenvalue weighted by Crippen LogP contribution is 2.44. The summed E-state index contributed by atoms with van der Waals surface area (Å²) in [5.74, 6) is 0. The number of aromatic nitrogens is 1. The fourth-order valence-electron chi connectivity index (χ4n) is 3.25. The molecule has 0 radical (unpaired) electrons. The Morgan fingerprint density at radius 2 is 1.73 bits per heavy atom. The average molecular weight is 286 g/mol. The second-order valence-corrected chi connectivity index (χ2v) is 5.95. The summed E-state index contributed by atoms with van der Waals surface area (Å²) in [6, 6.07) is 19.5. The van der Waals surface area contributed by atoms with E-state index in [2.05, 4.69) is 71.8 Å². The normalized spacial score (nSPS) is 15.3. The maximum absolute atomic E-state index is 4.50. The molecule has 1 aliphatic rings. The first-order valence-electron chi connectivity index (χ1n) is 7.61. The minimum Gasteiger partial charge on any atom is -0.374 e. The zero-order valence-corrected chi connectivity index (χ0v) is 12.8. The summed E-state index contributed by atoms with van der Waals surface area (Å²) in [5, 5.41) is 3.67. The van der Waals surface area contributed by atoms with Crippen molar-refractivity contribution < 1.29 is 0 Å². The summed E-state index contributed by atoms with van der Waals surface area (Å²) >= 11 is 0. The van der Waals surface area contributed by atoms with Gasteiger partial charge in [-0.15, -0.1) is 0 Å². The van der Waals surface area contributed by atoms with Crippen molar-refractivity contribution >= 4 is 5.69 Å². The molecule has 0 fully saturated rings. The first kappa shape index (κ1) is 13.1. The van der Waals surface area contributed by atoms with Crippen LogP contribution in [0.3, 0.4) is 0 Å². The van der Waals surface area contributed by atoms with Crippen LogP contribution in [0.15, 0.2) is 60.8 Å². The van der Waals surface area contributed by atoms with E-state index in [0.717, 1.165) is 11.4 Å². The highest BCUT2D eigenvalue weighted by atomic mass is 14.9. The molecule has 1 heterocycles. The molecule has 0 saturated heterocycles. The van der Waals surface area contributed by atoms with Crippen molar-refractivity contribution in [2.24, 2.45) is 0 Å². The third kappa shape index (κ3) is 2.08. The second kappa shape index (κ2) is 4.99. The summed E-state index contributed by atoms with van der Waals surface area (Å²) in [6.45, 7) is 4.16. The molecule has 1 aromatic heterocycles. The van der Waals surface area contributed by atoms with E-state index in [1.807, 2.05) is 13.1 Å². The number of nitrogens with one attached hydrogen (secondary N) is 1. The van der Waals surface area contributed by atoms with Gasteiger partial charge in [0.25, 0.3) is 0 Å². The maximum Gasteiger partial charge on any atom is 0.0794 e. The Balaban J connectivity index is 1.83. The van der Waals surface area contributed by atoms with Gasteiger partial charge in [-0.2, -0.15) is 0 Å². The number of benzene rings is 2. The molecular formula is C20H18N2. The lowest BCUT2D eigenvalue weighted by atomic mass is 10.1. The largest absolute Gasteiger partial charge is 0.374 e. The average Bonchev–Trinajstić information content (AvgIpc) is 2.81. The van der Waals surface area contributed by atoms with Crippen LogP contribution in [0.4, 0.5) is 5.69 Å². The van der Waals surface area contributed by atoms with Gasteiger partial charge < -0.3 is 5.32 Å². The number of hydrogen-bond donors (Lipinski definition) is 1. The predicted molar refractivity (Wildman–Crippen MR) is 91.1 cm³/mol. The van der Waals surface area contributed by atoms with Gasteiger partial charge in [0.1, 0.15) is 0 Å². The van der Waals surface area contributed by atoms with E-state index in [1.165, 1.54) is 27.8 Å². The van der Waals surface area contributed by atoms with E-state index in [1.54, 1.807) is 0 Å². The molecular weight excluding hydrogens is 268 g/mol. The summed E-state index contributed by atoms with van der Waals surface area (Å²) in [5.41, 5.74) is 8.66. The molecule has 1 unspecified atom stereocenters. The van der Waals surface area contributed by atoms with E-state index in [0.29, 0.717) is 0 Å². The van der Waals surface area contributed by atoms with Gasteiger partial charge in [0.2, 0.25) is 0 Å². The zero-order chi connectivity index (χ0) is 15.1. The molecule has 108 valence electrons. The molecule has 2 nitrogen and oxygen atoms in total. The van der Waals surface area contributed by atoms with Crippen LogP contribution in [0.5, 0.6) is 0 Å². The number of nitrogens with zero attached hydrogens (tertiary/aromatic N) is 1. The molecule has 1 aliphatic carbocycles. The molecule has 1 N–H and O–H groups in total. The first-order chi connectivity index (χ1) is 10.7. The van der Waals surface area contributed by atoms with Crippen molar-refractivity contribution in [3.63, 3.8) is 0 Å². The number of pyridine rings is 1. The Bertz CT molecular complexity index is 852. The van der Waals surface area contributed by atoms with Crippen LogP contribution in [-0.2, 0) is 0 Å². The van der Waals surface area contributed by atoms with Crippen LogP contribution in [0.1, 0.15) is 28.4 Å². The van der Waals surface area contributed by atoms with Crippen molar-refractivity contribution in [1.29, 1.82) is 0 Å². The molecule has 4 rings (SSSR count). The fraction of sp³-hybridized carbons (Fsp3) is 0.150. The molecule has 0 saturated carbocycles. The first-order valence-corrected chi connectivity index (χ1v) is 7.61. The lowest BCUT2D eigenvalue weighted by Crippen LogP contribution is -2.09. The van der Waals surface area contributed by atoms with E-state index < -0.39 is 0 Å². The minimum absolute atomic E-state index is 0.168. The van der Waals surface area contributed by atoms with Crippen molar-refractivity contribution in [2.75, 3.05) is 5.32 Å². The number of fused-ring (bicyclic) bond motifs is 3. The standard InChI is InChI=1S/C20H18N2/c1-13-6-5-7-15(10-13)22-20-17-9-4-3-8-16(17)18-11-14(2)21-12-19(18)20/h3-12,20,22H,1-2H3. The number of aryl methyl sites for hydroxylation is 2. The molecule has 0 amide bonds. The monoisotopic (exact) mass is 286 g/mol. The van der Waals surface area contributed by atoms with Crippen molar-refractivity contribution in [1.82, 2.24) is 4.98 Å². The Morgan fingerprint density at radius 3 is 2.59 bits per heavy atom. The lowest BCUT2D eigenvalue weighted by molar-refractivity contribution is 0.957. The Hall–Kier alpha value is -2.61. The van der Waals surface area contributed by atoms with Gasteiger partial charge in [-0.05, 0) is 54.3 Å². The van der Waals surface area contributed by atoms with Crippen molar-refractivity contribution in [2.45, 2.75) is 19.9 Å². The molecule has 3 aromatic rings. The van der Waals surface area contributed by atoms with E-state index in [4.69, 9.17) is 0 Å². The van der Waals surface area contributed by atoms with Gasteiger partial charge in [-0.1, -0.05) is 36.4 Å². The quantitative estimate of drug-likeness (QED) is 0.726. The molecule has 2 aromatic carbocycles. The number of anilines is 1. The van der Waals surface area contributed by atoms with Gasteiger partial charge in [0.05, 0.1) is 6.04 Å². The molecule has 0 spiro atoms. The predicted octanol–water partition coefficient (Wildman–Crippen LogP) is 4.88. The Kier molecular flexibility index (Phi) is 2.97. The highest BCUT2D eigenvalue weighted by Gasteiger charge is 2.28. The van der Waals surface area contributed by atoms with Crippen molar-refractivity contribution in [3.8, 4) is 11.1 Å². The van der Waals surface area contributed by atoms with Crippen LogP contribution < -0.4 is 5.32 Å². The van der Waals surface area contributed by atoms with E-state index >= 15 is 0 Å². The Morgan fingerprint density at radius 1 is 0.864 bits per heavy atom. The lowest BCUT2D eigenvalue weighted by Gasteiger charge is -2.17. The van der Waals surface area contributed by atoms with E-state index in [-0.39, 0.29) is 6.04 Å². The van der Waals surface area contributed by atoms with Crippen LogP contribution >= 0.6 is 0 Å². The molecule has 0 bridgehead atoms. The van der Waals surface area contributed by atoms with Crippen LogP contribution in [0.25, 0.3) is 11.1 Å². The van der Waals surface area contributed by atoms with E-state index in [9.17, 15) is 0 Å². The minimum atomic E-state index is 0.168. The third-order valence-electron chi connectivity index (χ3n) is 4.27. The SMILES string of the molecule is Cc1cccc(NC2c3ccccc3-c3cc(C)ncc32)c1. The van der Waals surface area contributed by atoms with Crippen molar-refractivity contribution in [3.05, 3.63) is 83.2 Å². The van der Waals surface area contributed by atoms with Gasteiger partial charge >= 0.3 is 0 Å². The molecule has 1 atom stereocenters. The summed E-state index contributed by atoms with van der Waals surface area (Å²) in [7, 11) is 0. The number of hydrogen-bond acceptors (Lipinski definition) is 2. The summed E-state index contributed by atoms with van der Waals surface area (Å²) in [6.07, 6.45) is 2.01. The maximum atomic E-state index is 4.50. The van der Waals surface area contributed by atoms with Gasteiger partial charge in [-0.3, -0.25) is 4.98 Å². The molecule has 2 heteroatoms. The van der Waals surface area contributed by atoms with Gasteiger partial charge in [0, 0.05) is 23.1 Å². The van der Waals surface area contributed by atoms with Crippen LogP contribution in [0, 0.1) is 13.8 Å². The topological polar surface area (TPSA) is 24.9 Å². The fourth-order valence-corrected chi connectivity index (χ4v) is 3.25. The highest BCUT2D eigenvalue weighted by molar-refractivity contribution is 5.80. The zero-order valence-electron chi connectivity index (χ0n) is 12.8. The second-order valence-electron chi connectivity index (χ2n) is 5.95. The smallest absolute Gasteiger partial charge is 0.0794 e. The van der Waals surface area contributed by atoms with Crippen LogP contribution in [0.2, 0.25) is 0 Å². The Labute approximate surface area is 130 Å². The number of rotatable bonds is 2.